The summed E-state index contributed by atoms with van der Waals surface area (Å²) in [4.78, 5) is 12.8. The van der Waals surface area contributed by atoms with Crippen LogP contribution in [0.4, 0.5) is 0 Å². The van der Waals surface area contributed by atoms with Crippen molar-refractivity contribution < 1.29 is 15.0 Å². The number of carbonyl (C=O) groups excluding carboxylic acids is 1. The van der Waals surface area contributed by atoms with Crippen molar-refractivity contribution in [2.75, 3.05) is 6.61 Å². The van der Waals surface area contributed by atoms with Crippen LogP contribution in [-0.4, -0.2) is 28.2 Å². The van der Waals surface area contributed by atoms with Crippen molar-refractivity contribution in [3.8, 4) is 0 Å². The van der Waals surface area contributed by atoms with Gasteiger partial charge in [0.15, 0.2) is 5.78 Å². The first-order valence-corrected chi connectivity index (χ1v) is 9.04. The molecule has 0 radical (unpaired) electrons. The van der Waals surface area contributed by atoms with E-state index in [4.69, 9.17) is 0 Å². The highest BCUT2D eigenvalue weighted by Crippen LogP contribution is 2.65. The molecule has 0 saturated heterocycles. The van der Waals surface area contributed by atoms with Gasteiger partial charge in [0.05, 0.1) is 5.60 Å². The second kappa shape index (κ2) is 4.58. The van der Waals surface area contributed by atoms with Gasteiger partial charge in [-0.2, -0.15) is 0 Å². The zero-order valence-electron chi connectivity index (χ0n) is 14.3. The number of allylic oxidation sites excluding steroid dienone is 1. The Morgan fingerprint density at radius 3 is 2.74 bits per heavy atom. The zero-order chi connectivity index (χ0) is 16.6. The summed E-state index contributed by atoms with van der Waals surface area (Å²) < 4.78 is 0. The molecule has 3 nitrogen and oxygen atoms in total. The lowest BCUT2D eigenvalue weighted by Crippen LogP contribution is -2.51. The minimum absolute atomic E-state index is 0.00437. The molecule has 23 heavy (non-hydrogen) atoms. The standard InChI is InChI=1S/C20H28O3/c1-12-17(22)14-10-20(12,23)9-13-5-6-15-18(2,11-21)7-4-8-19(15,3)16(13)14/h14-15,21,23H,1,4-11H2,2-3H3/t14-,15+,18+,19+,20+/m0/s1. The van der Waals surface area contributed by atoms with Crippen molar-refractivity contribution in [1.29, 1.82) is 0 Å². The highest BCUT2D eigenvalue weighted by Gasteiger charge is 2.60. The molecule has 4 rings (SSSR count). The molecule has 2 N–H and O–H groups in total. The van der Waals surface area contributed by atoms with Crippen LogP contribution < -0.4 is 0 Å². The molecule has 0 aromatic carbocycles. The SMILES string of the molecule is C=C1C(=O)[C@H]2C[C@]1(O)CC1=C2[C@]2(C)CCC[C@](C)(CO)[C@H]2CC1. The summed E-state index contributed by atoms with van der Waals surface area (Å²) in [5.41, 5.74) is 2.03. The minimum Gasteiger partial charge on any atom is -0.396 e. The Morgan fingerprint density at radius 2 is 2.04 bits per heavy atom. The fourth-order valence-corrected chi connectivity index (χ4v) is 6.60. The van der Waals surface area contributed by atoms with E-state index >= 15 is 0 Å². The van der Waals surface area contributed by atoms with Crippen LogP contribution in [0.25, 0.3) is 0 Å². The largest absolute Gasteiger partial charge is 0.396 e. The maximum atomic E-state index is 12.8. The monoisotopic (exact) mass is 316 g/mol. The predicted octanol–water partition coefficient (Wildman–Crippen LogP) is 3.16. The molecule has 0 spiro atoms. The molecule has 2 saturated carbocycles. The second-order valence-corrected chi connectivity index (χ2v) is 9.00. The summed E-state index contributed by atoms with van der Waals surface area (Å²) in [5.74, 6) is 0.334. The van der Waals surface area contributed by atoms with Crippen molar-refractivity contribution in [3.63, 3.8) is 0 Å². The van der Waals surface area contributed by atoms with E-state index in [1.54, 1.807) is 0 Å². The Kier molecular flexibility index (Phi) is 3.10. The number of hydrogen-bond acceptors (Lipinski definition) is 3. The number of rotatable bonds is 1. The van der Waals surface area contributed by atoms with Crippen LogP contribution in [0.3, 0.4) is 0 Å². The Morgan fingerprint density at radius 1 is 1.30 bits per heavy atom. The summed E-state index contributed by atoms with van der Waals surface area (Å²) in [6.45, 7) is 8.68. The molecule has 0 unspecified atom stereocenters. The van der Waals surface area contributed by atoms with Gasteiger partial charge in [-0.05, 0) is 48.9 Å². The van der Waals surface area contributed by atoms with Gasteiger partial charge in [-0.25, -0.2) is 0 Å². The molecule has 5 atom stereocenters. The lowest BCUT2D eigenvalue weighted by Gasteiger charge is -2.57. The quantitative estimate of drug-likeness (QED) is 0.577. The van der Waals surface area contributed by atoms with E-state index in [-0.39, 0.29) is 29.1 Å². The van der Waals surface area contributed by atoms with Crippen molar-refractivity contribution in [2.45, 2.75) is 64.4 Å². The fourth-order valence-electron chi connectivity index (χ4n) is 6.60. The van der Waals surface area contributed by atoms with Crippen LogP contribution in [0.5, 0.6) is 0 Å². The summed E-state index contributed by atoms with van der Waals surface area (Å²) >= 11 is 0. The van der Waals surface area contributed by atoms with E-state index in [0.717, 1.165) is 32.1 Å². The lowest BCUT2D eigenvalue weighted by atomic mass is 9.47. The Labute approximate surface area is 138 Å². The third-order valence-corrected chi connectivity index (χ3v) is 7.72. The van der Waals surface area contributed by atoms with E-state index in [9.17, 15) is 15.0 Å². The predicted molar refractivity (Wildman–Crippen MR) is 88.7 cm³/mol. The number of aliphatic hydroxyl groups is 2. The molecule has 4 aliphatic rings. The first kappa shape index (κ1) is 15.6. The van der Waals surface area contributed by atoms with Crippen molar-refractivity contribution in [2.24, 2.45) is 22.7 Å². The number of Topliss-reactive ketones (excluding diaryl/α,β-unsaturated/α-hetero) is 1. The molecule has 126 valence electrons. The number of aliphatic hydroxyl groups excluding tert-OH is 1. The number of ketones is 1. The van der Waals surface area contributed by atoms with E-state index in [1.807, 2.05) is 0 Å². The lowest BCUT2D eigenvalue weighted by molar-refractivity contribution is -0.118. The van der Waals surface area contributed by atoms with E-state index in [0.29, 0.717) is 24.3 Å². The van der Waals surface area contributed by atoms with Gasteiger partial charge in [0.2, 0.25) is 0 Å². The van der Waals surface area contributed by atoms with Crippen LogP contribution in [0, 0.1) is 22.7 Å². The van der Waals surface area contributed by atoms with Gasteiger partial charge in [0, 0.05) is 24.5 Å². The van der Waals surface area contributed by atoms with Gasteiger partial charge < -0.3 is 10.2 Å². The van der Waals surface area contributed by atoms with Crippen LogP contribution in [-0.2, 0) is 4.79 Å². The van der Waals surface area contributed by atoms with Gasteiger partial charge in [0.1, 0.15) is 0 Å². The zero-order valence-corrected chi connectivity index (χ0v) is 14.3. The number of fused-ring (bicyclic) bond motifs is 5. The second-order valence-electron chi connectivity index (χ2n) is 9.00. The first-order chi connectivity index (χ1) is 10.8. The van der Waals surface area contributed by atoms with Crippen molar-refractivity contribution in [1.82, 2.24) is 0 Å². The van der Waals surface area contributed by atoms with Gasteiger partial charge in [-0.15, -0.1) is 0 Å². The molecule has 4 aliphatic carbocycles. The molecule has 2 bridgehead atoms. The van der Waals surface area contributed by atoms with Gasteiger partial charge in [-0.3, -0.25) is 4.79 Å². The Bertz CT molecular complexity index is 633. The summed E-state index contributed by atoms with van der Waals surface area (Å²) in [6.07, 6.45) is 6.43. The average molecular weight is 316 g/mol. The molecule has 2 fully saturated rings. The van der Waals surface area contributed by atoms with Gasteiger partial charge in [-0.1, -0.05) is 38.0 Å². The molecular weight excluding hydrogens is 288 g/mol. The molecule has 0 aromatic rings. The number of hydrogen-bond donors (Lipinski definition) is 2. The van der Waals surface area contributed by atoms with Crippen LogP contribution in [0.2, 0.25) is 0 Å². The summed E-state index contributed by atoms with van der Waals surface area (Å²) in [5, 5.41) is 20.9. The van der Waals surface area contributed by atoms with Crippen LogP contribution in [0.15, 0.2) is 23.3 Å². The van der Waals surface area contributed by atoms with Gasteiger partial charge >= 0.3 is 0 Å². The highest BCUT2D eigenvalue weighted by molar-refractivity contribution is 6.04. The summed E-state index contributed by atoms with van der Waals surface area (Å²) in [7, 11) is 0. The van der Waals surface area contributed by atoms with Crippen molar-refractivity contribution in [3.05, 3.63) is 23.3 Å². The maximum Gasteiger partial charge on any atom is 0.168 e. The number of carbonyl (C=O) groups is 1. The van der Waals surface area contributed by atoms with E-state index in [2.05, 4.69) is 20.4 Å². The normalized spacial score (nSPS) is 49.2. The van der Waals surface area contributed by atoms with E-state index < -0.39 is 5.60 Å². The topological polar surface area (TPSA) is 57.5 Å². The van der Waals surface area contributed by atoms with E-state index in [1.165, 1.54) is 11.1 Å². The molecule has 3 heteroatoms. The smallest absolute Gasteiger partial charge is 0.168 e. The fraction of sp³-hybridized carbons (Fsp3) is 0.750. The third-order valence-electron chi connectivity index (χ3n) is 7.72. The molecule has 0 heterocycles. The highest BCUT2D eigenvalue weighted by atomic mass is 16.3. The minimum atomic E-state index is -0.987. The molecular formula is C20H28O3. The average Bonchev–Trinajstić information content (AvgIpc) is 2.67. The van der Waals surface area contributed by atoms with Crippen LogP contribution >= 0.6 is 0 Å². The Hall–Kier alpha value is -0.930. The van der Waals surface area contributed by atoms with Crippen molar-refractivity contribution >= 4 is 5.78 Å². The Balaban J connectivity index is 1.84. The van der Waals surface area contributed by atoms with Crippen LogP contribution in [0.1, 0.15) is 58.8 Å². The van der Waals surface area contributed by atoms with Gasteiger partial charge in [0.25, 0.3) is 0 Å². The third kappa shape index (κ3) is 1.81. The first-order valence-electron chi connectivity index (χ1n) is 9.04. The molecule has 0 aliphatic heterocycles. The summed E-state index contributed by atoms with van der Waals surface area (Å²) in [6, 6.07) is 0. The maximum absolute atomic E-state index is 12.8. The molecule has 0 amide bonds. The molecule has 0 aromatic heterocycles.